The minimum Gasteiger partial charge on any atom is -0.356 e. The molecule has 0 atom stereocenters. The maximum Gasteiger partial charge on any atom is 0.191 e. The van der Waals surface area contributed by atoms with Crippen molar-refractivity contribution in [1.29, 1.82) is 0 Å². The van der Waals surface area contributed by atoms with Crippen molar-refractivity contribution in [3.05, 3.63) is 58.0 Å². The summed E-state index contributed by atoms with van der Waals surface area (Å²) in [6.45, 7) is 1.70. The van der Waals surface area contributed by atoms with Crippen molar-refractivity contribution in [2.45, 2.75) is 24.7 Å². The van der Waals surface area contributed by atoms with E-state index in [0.29, 0.717) is 0 Å². The minimum atomic E-state index is -0.177. The molecule has 3 nitrogen and oxygen atoms in total. The van der Waals surface area contributed by atoms with Crippen LogP contribution in [0.3, 0.4) is 0 Å². The average Bonchev–Trinajstić information content (AvgIpc) is 3.18. The number of halogens is 2. The number of benzene rings is 1. The Morgan fingerprint density at radius 3 is 2.54 bits per heavy atom. The number of rotatable bonds is 6. The van der Waals surface area contributed by atoms with Gasteiger partial charge in [-0.1, -0.05) is 18.2 Å². The second kappa shape index (κ2) is 8.80. The Kier molecular flexibility index (Phi) is 7.03. The fourth-order valence-electron chi connectivity index (χ4n) is 2.75. The Hall–Kier alpha value is -1.15. The van der Waals surface area contributed by atoms with Gasteiger partial charge in [0, 0.05) is 30.4 Å². The molecule has 1 aliphatic carbocycles. The first-order valence-electron chi connectivity index (χ1n) is 7.95. The summed E-state index contributed by atoms with van der Waals surface area (Å²) < 4.78 is 13.1. The van der Waals surface area contributed by atoms with Crippen LogP contribution in [0.4, 0.5) is 4.39 Å². The lowest BCUT2D eigenvalue weighted by Gasteiger charge is -2.19. The van der Waals surface area contributed by atoms with Crippen molar-refractivity contribution in [2.75, 3.05) is 20.1 Å². The largest absolute Gasteiger partial charge is 0.356 e. The van der Waals surface area contributed by atoms with E-state index in [4.69, 9.17) is 0 Å². The van der Waals surface area contributed by atoms with Gasteiger partial charge < -0.3 is 10.6 Å². The molecular weight excluding hydrogens is 436 g/mol. The van der Waals surface area contributed by atoms with Gasteiger partial charge in [0.25, 0.3) is 0 Å². The second-order valence-electron chi connectivity index (χ2n) is 5.97. The van der Waals surface area contributed by atoms with Gasteiger partial charge in [0.2, 0.25) is 0 Å². The van der Waals surface area contributed by atoms with E-state index < -0.39 is 0 Å². The lowest BCUT2D eigenvalue weighted by molar-refractivity contribution is 0.617. The van der Waals surface area contributed by atoms with E-state index in [0.717, 1.165) is 38.3 Å². The van der Waals surface area contributed by atoms with Crippen LogP contribution in [-0.4, -0.2) is 26.1 Å². The van der Waals surface area contributed by atoms with E-state index in [-0.39, 0.29) is 35.2 Å². The van der Waals surface area contributed by atoms with Crippen LogP contribution in [0, 0.1) is 5.82 Å². The molecule has 1 heterocycles. The van der Waals surface area contributed by atoms with Gasteiger partial charge in [-0.2, -0.15) is 0 Å². The number of aliphatic imine (C=N–C) groups is 1. The van der Waals surface area contributed by atoms with Gasteiger partial charge in [-0.05, 0) is 48.4 Å². The number of thiophene rings is 1. The quantitative estimate of drug-likeness (QED) is 0.390. The minimum absolute atomic E-state index is 0. The third kappa shape index (κ3) is 4.92. The number of nitrogens with one attached hydrogen (secondary N) is 2. The Balaban J connectivity index is 0.00000208. The van der Waals surface area contributed by atoms with Crippen LogP contribution in [0.15, 0.2) is 46.8 Å². The van der Waals surface area contributed by atoms with Gasteiger partial charge in [-0.3, -0.25) is 4.99 Å². The first-order valence-corrected chi connectivity index (χ1v) is 8.83. The number of hydrogen-bond donors (Lipinski definition) is 2. The standard InChI is InChI=1S/C18H22FN3S.HI/c1-20-17(21-11-8-16-3-2-12-23-16)22-13-18(9-10-18)14-4-6-15(19)7-5-14;/h2-7,12H,8-11,13H2,1H3,(H2,20,21,22);1H. The molecule has 130 valence electrons. The first kappa shape index (κ1) is 19.2. The lowest BCUT2D eigenvalue weighted by atomic mass is 9.96. The van der Waals surface area contributed by atoms with Gasteiger partial charge in [0.1, 0.15) is 5.82 Å². The molecular formula is C18H23FIN3S. The summed E-state index contributed by atoms with van der Waals surface area (Å²) in [5, 5.41) is 8.87. The molecule has 24 heavy (non-hydrogen) atoms. The molecule has 3 rings (SSSR count). The second-order valence-corrected chi connectivity index (χ2v) is 7.00. The van der Waals surface area contributed by atoms with E-state index in [1.165, 1.54) is 10.4 Å². The smallest absolute Gasteiger partial charge is 0.191 e. The van der Waals surface area contributed by atoms with Crippen molar-refractivity contribution in [2.24, 2.45) is 4.99 Å². The number of nitrogens with zero attached hydrogens (tertiary/aromatic N) is 1. The zero-order valence-corrected chi connectivity index (χ0v) is 16.9. The Labute approximate surface area is 163 Å². The highest BCUT2D eigenvalue weighted by Gasteiger charge is 2.44. The molecule has 6 heteroatoms. The fraction of sp³-hybridized carbons (Fsp3) is 0.389. The fourth-order valence-corrected chi connectivity index (χ4v) is 3.46. The molecule has 1 aromatic heterocycles. The van der Waals surface area contributed by atoms with Gasteiger partial charge in [0.05, 0.1) is 0 Å². The Morgan fingerprint density at radius 1 is 1.21 bits per heavy atom. The van der Waals surface area contributed by atoms with Crippen LogP contribution >= 0.6 is 35.3 Å². The summed E-state index contributed by atoms with van der Waals surface area (Å²) >= 11 is 1.78. The molecule has 0 amide bonds. The highest BCUT2D eigenvalue weighted by molar-refractivity contribution is 14.0. The zero-order chi connectivity index (χ0) is 16.1. The van der Waals surface area contributed by atoms with Crippen LogP contribution in [0.1, 0.15) is 23.3 Å². The third-order valence-corrected chi connectivity index (χ3v) is 5.31. The normalized spacial score (nSPS) is 15.5. The van der Waals surface area contributed by atoms with Gasteiger partial charge in [-0.15, -0.1) is 35.3 Å². The summed E-state index contributed by atoms with van der Waals surface area (Å²) in [5.74, 6) is 0.651. The lowest BCUT2D eigenvalue weighted by Crippen LogP contribution is -2.41. The monoisotopic (exact) mass is 459 g/mol. The highest BCUT2D eigenvalue weighted by Crippen LogP contribution is 2.47. The number of guanidine groups is 1. The molecule has 0 bridgehead atoms. The molecule has 0 unspecified atom stereocenters. The van der Waals surface area contributed by atoms with E-state index in [2.05, 4.69) is 33.1 Å². The molecule has 0 aliphatic heterocycles. The van der Waals surface area contributed by atoms with Crippen molar-refractivity contribution >= 4 is 41.3 Å². The molecule has 1 aromatic carbocycles. The van der Waals surface area contributed by atoms with E-state index in [1.54, 1.807) is 30.5 Å². The molecule has 1 saturated carbocycles. The number of hydrogen-bond acceptors (Lipinski definition) is 2. The predicted molar refractivity (Wildman–Crippen MR) is 110 cm³/mol. The molecule has 0 spiro atoms. The van der Waals surface area contributed by atoms with Gasteiger partial charge in [0.15, 0.2) is 5.96 Å². The van der Waals surface area contributed by atoms with E-state index in [9.17, 15) is 4.39 Å². The highest BCUT2D eigenvalue weighted by atomic mass is 127. The van der Waals surface area contributed by atoms with Gasteiger partial charge >= 0.3 is 0 Å². The van der Waals surface area contributed by atoms with Crippen molar-refractivity contribution in [3.63, 3.8) is 0 Å². The molecule has 1 aliphatic rings. The Bertz CT molecular complexity index is 651. The predicted octanol–water partition coefficient (Wildman–Crippen LogP) is 3.94. The van der Waals surface area contributed by atoms with Crippen molar-refractivity contribution < 1.29 is 4.39 Å². The molecule has 2 N–H and O–H groups in total. The SMILES string of the molecule is CN=C(NCCc1cccs1)NCC1(c2ccc(F)cc2)CC1.I. The summed E-state index contributed by atoms with van der Waals surface area (Å²) in [5.41, 5.74) is 1.35. The summed E-state index contributed by atoms with van der Waals surface area (Å²) in [6.07, 6.45) is 3.27. The average molecular weight is 459 g/mol. The summed E-state index contributed by atoms with van der Waals surface area (Å²) in [6, 6.07) is 11.1. The molecule has 0 saturated heterocycles. The van der Waals surface area contributed by atoms with E-state index >= 15 is 0 Å². The topological polar surface area (TPSA) is 36.4 Å². The van der Waals surface area contributed by atoms with Crippen molar-refractivity contribution in [1.82, 2.24) is 10.6 Å². The third-order valence-electron chi connectivity index (χ3n) is 4.37. The molecule has 1 fully saturated rings. The zero-order valence-electron chi connectivity index (χ0n) is 13.7. The summed E-state index contributed by atoms with van der Waals surface area (Å²) in [4.78, 5) is 5.66. The maximum atomic E-state index is 13.1. The first-order chi connectivity index (χ1) is 11.2. The van der Waals surface area contributed by atoms with Crippen LogP contribution in [-0.2, 0) is 11.8 Å². The van der Waals surface area contributed by atoms with Crippen LogP contribution in [0.2, 0.25) is 0 Å². The van der Waals surface area contributed by atoms with Crippen LogP contribution in [0.25, 0.3) is 0 Å². The van der Waals surface area contributed by atoms with Crippen LogP contribution < -0.4 is 10.6 Å². The molecule has 2 aromatic rings. The van der Waals surface area contributed by atoms with Gasteiger partial charge in [-0.25, -0.2) is 4.39 Å². The molecule has 0 radical (unpaired) electrons. The van der Waals surface area contributed by atoms with Crippen LogP contribution in [0.5, 0.6) is 0 Å². The maximum absolute atomic E-state index is 13.1. The van der Waals surface area contributed by atoms with E-state index in [1.807, 2.05) is 12.1 Å². The summed E-state index contributed by atoms with van der Waals surface area (Å²) in [7, 11) is 1.79. The van der Waals surface area contributed by atoms with Crippen molar-refractivity contribution in [3.8, 4) is 0 Å². The Morgan fingerprint density at radius 2 is 1.96 bits per heavy atom.